The average Bonchev–Trinajstić information content (AvgIpc) is 2.05. The largest absolute Gasteiger partial charge is 0.394 e. The van der Waals surface area contributed by atoms with Crippen molar-refractivity contribution in [2.75, 3.05) is 13.2 Å². The molecule has 0 saturated carbocycles. The third-order valence-corrected chi connectivity index (χ3v) is 1.92. The fraction of sp³-hybridized carbons (Fsp3) is 1.00. The van der Waals surface area contributed by atoms with E-state index < -0.39 is 0 Å². The number of hydrogen-bond acceptors (Lipinski definition) is 3. The van der Waals surface area contributed by atoms with Crippen LogP contribution in [0.4, 0.5) is 0 Å². The maximum atomic E-state index is 8.97. The van der Waals surface area contributed by atoms with E-state index in [2.05, 4.69) is 0 Å². The molecule has 0 aromatic rings. The fourth-order valence-electron chi connectivity index (χ4n) is 0.984. The van der Waals surface area contributed by atoms with Crippen LogP contribution >= 0.6 is 0 Å². The highest BCUT2D eigenvalue weighted by Gasteiger charge is 2.19. The smallest absolute Gasteiger partial charge is 0.0958 e. The Labute approximate surface area is 74.9 Å². The van der Waals surface area contributed by atoms with E-state index in [1.165, 1.54) is 0 Å². The Morgan fingerprint density at radius 1 is 1.42 bits per heavy atom. The molecular formula is C9H21NO2. The van der Waals surface area contributed by atoms with E-state index in [1.807, 2.05) is 20.8 Å². The van der Waals surface area contributed by atoms with Gasteiger partial charge in [-0.2, -0.15) is 0 Å². The number of aliphatic hydroxyl groups excluding tert-OH is 1. The zero-order chi connectivity index (χ0) is 9.56. The molecule has 3 N–H and O–H groups in total. The number of ether oxygens (including phenoxy) is 1. The molecule has 0 saturated heterocycles. The molecule has 2 atom stereocenters. The summed E-state index contributed by atoms with van der Waals surface area (Å²) in [7, 11) is 0. The van der Waals surface area contributed by atoms with Crippen molar-refractivity contribution in [1.82, 2.24) is 0 Å². The summed E-state index contributed by atoms with van der Waals surface area (Å²) in [4.78, 5) is 0. The molecule has 0 spiro atoms. The Bertz CT molecular complexity index is 107. The Morgan fingerprint density at radius 2 is 2.00 bits per heavy atom. The van der Waals surface area contributed by atoms with E-state index in [1.54, 1.807) is 0 Å². The predicted molar refractivity (Wildman–Crippen MR) is 49.9 cm³/mol. The Morgan fingerprint density at radius 3 is 2.33 bits per heavy atom. The monoisotopic (exact) mass is 175 g/mol. The van der Waals surface area contributed by atoms with Crippen LogP contribution in [0.25, 0.3) is 0 Å². The normalized spacial score (nSPS) is 16.5. The van der Waals surface area contributed by atoms with Gasteiger partial charge in [-0.15, -0.1) is 0 Å². The van der Waals surface area contributed by atoms with Gasteiger partial charge in [0, 0.05) is 12.6 Å². The Kier molecular flexibility index (Phi) is 6.34. The molecule has 0 bridgehead atoms. The van der Waals surface area contributed by atoms with Crippen molar-refractivity contribution in [3.05, 3.63) is 0 Å². The van der Waals surface area contributed by atoms with Crippen molar-refractivity contribution in [3.8, 4) is 0 Å². The van der Waals surface area contributed by atoms with Crippen LogP contribution in [0, 0.1) is 5.92 Å². The van der Waals surface area contributed by atoms with Crippen LogP contribution < -0.4 is 5.73 Å². The number of nitrogens with two attached hydrogens (primary N) is 1. The molecule has 0 radical (unpaired) electrons. The van der Waals surface area contributed by atoms with Gasteiger partial charge in [0.1, 0.15) is 0 Å². The summed E-state index contributed by atoms with van der Waals surface area (Å²) in [6.45, 7) is 6.78. The van der Waals surface area contributed by atoms with Crippen molar-refractivity contribution in [2.45, 2.75) is 39.3 Å². The van der Waals surface area contributed by atoms with Crippen molar-refractivity contribution in [3.63, 3.8) is 0 Å². The van der Waals surface area contributed by atoms with Crippen LogP contribution in [0.1, 0.15) is 27.2 Å². The van der Waals surface area contributed by atoms with Crippen molar-refractivity contribution < 1.29 is 9.84 Å². The Hall–Kier alpha value is -0.120. The predicted octanol–water partition coefficient (Wildman–Crippen LogP) is 0.757. The molecule has 0 aliphatic carbocycles. The van der Waals surface area contributed by atoms with Gasteiger partial charge in [-0.05, 0) is 12.3 Å². The molecule has 12 heavy (non-hydrogen) atoms. The van der Waals surface area contributed by atoms with Gasteiger partial charge in [0.15, 0.2) is 0 Å². The Balaban J connectivity index is 3.79. The van der Waals surface area contributed by atoms with Gasteiger partial charge in [0.05, 0.1) is 12.7 Å². The summed E-state index contributed by atoms with van der Waals surface area (Å²) in [6, 6.07) is -0.0680. The summed E-state index contributed by atoms with van der Waals surface area (Å²) in [5, 5.41) is 8.97. The topological polar surface area (TPSA) is 55.5 Å². The van der Waals surface area contributed by atoms with Gasteiger partial charge in [-0.3, -0.25) is 0 Å². The molecule has 0 fully saturated rings. The van der Waals surface area contributed by atoms with Crippen molar-refractivity contribution >= 4 is 0 Å². The maximum absolute atomic E-state index is 8.97. The minimum Gasteiger partial charge on any atom is -0.394 e. The first kappa shape index (κ1) is 11.9. The SMILES string of the molecule is CCCOC(CO)C(N)C(C)C. The van der Waals surface area contributed by atoms with E-state index in [-0.39, 0.29) is 18.8 Å². The lowest BCUT2D eigenvalue weighted by molar-refractivity contribution is -0.0106. The minimum absolute atomic E-state index is 0.0132. The first-order valence-corrected chi connectivity index (χ1v) is 4.61. The first-order chi connectivity index (χ1) is 5.63. The van der Waals surface area contributed by atoms with Crippen LogP contribution in [-0.2, 0) is 4.74 Å². The van der Waals surface area contributed by atoms with Crippen LogP contribution in [0.3, 0.4) is 0 Å². The molecule has 74 valence electrons. The van der Waals surface area contributed by atoms with E-state index in [9.17, 15) is 0 Å². The molecule has 0 aromatic carbocycles. The highest BCUT2D eigenvalue weighted by Crippen LogP contribution is 2.07. The third-order valence-electron chi connectivity index (χ3n) is 1.92. The lowest BCUT2D eigenvalue weighted by atomic mass is 10.00. The average molecular weight is 175 g/mol. The number of aliphatic hydroxyl groups is 1. The summed E-state index contributed by atoms with van der Waals surface area (Å²) >= 11 is 0. The second-order valence-corrected chi connectivity index (χ2v) is 3.41. The van der Waals surface area contributed by atoms with E-state index in [0.29, 0.717) is 12.5 Å². The highest BCUT2D eigenvalue weighted by atomic mass is 16.5. The minimum atomic E-state index is -0.204. The molecule has 0 amide bonds. The first-order valence-electron chi connectivity index (χ1n) is 4.61. The van der Waals surface area contributed by atoms with Crippen LogP contribution in [0.5, 0.6) is 0 Å². The van der Waals surface area contributed by atoms with Gasteiger partial charge in [0.25, 0.3) is 0 Å². The van der Waals surface area contributed by atoms with E-state index >= 15 is 0 Å². The lowest BCUT2D eigenvalue weighted by Gasteiger charge is -2.25. The second kappa shape index (κ2) is 6.40. The molecule has 0 rings (SSSR count). The van der Waals surface area contributed by atoms with Gasteiger partial charge in [-0.25, -0.2) is 0 Å². The van der Waals surface area contributed by atoms with Gasteiger partial charge >= 0.3 is 0 Å². The van der Waals surface area contributed by atoms with E-state index in [0.717, 1.165) is 6.42 Å². The van der Waals surface area contributed by atoms with Crippen LogP contribution in [-0.4, -0.2) is 30.5 Å². The van der Waals surface area contributed by atoms with Crippen molar-refractivity contribution in [2.24, 2.45) is 11.7 Å². The standard InChI is InChI=1S/C9H21NO2/c1-4-5-12-8(6-11)9(10)7(2)3/h7-9,11H,4-6,10H2,1-3H3. The van der Waals surface area contributed by atoms with Gasteiger partial charge in [-0.1, -0.05) is 20.8 Å². The molecule has 3 nitrogen and oxygen atoms in total. The molecule has 0 aromatic heterocycles. The van der Waals surface area contributed by atoms with Gasteiger partial charge < -0.3 is 15.6 Å². The zero-order valence-corrected chi connectivity index (χ0v) is 8.29. The number of rotatable bonds is 6. The maximum Gasteiger partial charge on any atom is 0.0958 e. The summed E-state index contributed by atoms with van der Waals surface area (Å²) < 4.78 is 5.39. The van der Waals surface area contributed by atoms with Crippen LogP contribution in [0.15, 0.2) is 0 Å². The zero-order valence-electron chi connectivity index (χ0n) is 8.29. The fourth-order valence-corrected chi connectivity index (χ4v) is 0.984. The number of hydrogen-bond donors (Lipinski definition) is 2. The summed E-state index contributed by atoms with van der Waals surface area (Å²) in [5.74, 6) is 0.346. The molecule has 0 aliphatic rings. The van der Waals surface area contributed by atoms with E-state index in [4.69, 9.17) is 15.6 Å². The third kappa shape index (κ3) is 4.04. The quantitative estimate of drug-likeness (QED) is 0.626. The summed E-state index contributed by atoms with van der Waals surface area (Å²) in [5.41, 5.74) is 5.83. The molecule has 2 unspecified atom stereocenters. The van der Waals surface area contributed by atoms with Crippen LogP contribution in [0.2, 0.25) is 0 Å². The molecule has 0 heterocycles. The van der Waals surface area contributed by atoms with Crippen molar-refractivity contribution in [1.29, 1.82) is 0 Å². The lowest BCUT2D eigenvalue weighted by Crippen LogP contribution is -2.43. The molecule has 3 heteroatoms. The molecule has 0 aliphatic heterocycles. The second-order valence-electron chi connectivity index (χ2n) is 3.41. The van der Waals surface area contributed by atoms with Gasteiger partial charge in [0.2, 0.25) is 0 Å². The molecular weight excluding hydrogens is 154 g/mol. The highest BCUT2D eigenvalue weighted by molar-refractivity contribution is 4.75. The summed E-state index contributed by atoms with van der Waals surface area (Å²) in [6.07, 6.45) is 0.756.